The highest BCUT2D eigenvalue weighted by atomic mass is 79.9. The van der Waals surface area contributed by atoms with E-state index in [1.807, 2.05) is 0 Å². The molecule has 0 aromatic carbocycles. The maximum atomic E-state index is 11.9. The molecule has 0 bridgehead atoms. The van der Waals surface area contributed by atoms with E-state index in [0.717, 1.165) is 6.42 Å². The zero-order valence-corrected chi connectivity index (χ0v) is 10.4. The van der Waals surface area contributed by atoms with E-state index >= 15 is 0 Å². The number of anilines is 1. The van der Waals surface area contributed by atoms with Gasteiger partial charge in [0.1, 0.15) is 10.0 Å². The fourth-order valence-corrected chi connectivity index (χ4v) is 1.89. The maximum absolute atomic E-state index is 11.9. The van der Waals surface area contributed by atoms with Gasteiger partial charge >= 0.3 is 5.97 Å². The molecule has 1 aliphatic rings. The summed E-state index contributed by atoms with van der Waals surface area (Å²) in [5, 5.41) is 11.6. The van der Waals surface area contributed by atoms with Gasteiger partial charge in [-0.2, -0.15) is 0 Å². The van der Waals surface area contributed by atoms with Crippen molar-refractivity contribution in [2.45, 2.75) is 19.3 Å². The molecule has 90 valence electrons. The number of nitrogens with one attached hydrogen (secondary N) is 1. The van der Waals surface area contributed by atoms with Crippen molar-refractivity contribution in [3.8, 4) is 0 Å². The summed E-state index contributed by atoms with van der Waals surface area (Å²) in [6, 6.07) is 0. The van der Waals surface area contributed by atoms with Crippen LogP contribution in [0.25, 0.3) is 0 Å². The third kappa shape index (κ3) is 2.14. The van der Waals surface area contributed by atoms with Crippen LogP contribution in [-0.4, -0.2) is 27.0 Å². The predicted octanol–water partition coefficient (Wildman–Crippen LogP) is 1.43. The smallest absolute Gasteiger partial charge is 0.319 e. The second-order valence-corrected chi connectivity index (χ2v) is 4.73. The minimum Gasteiger partial charge on any atom is -0.480 e. The fourth-order valence-electron chi connectivity index (χ4n) is 1.68. The first-order valence-corrected chi connectivity index (χ1v) is 5.86. The molecule has 1 amide bonds. The third-order valence-corrected chi connectivity index (χ3v) is 3.32. The molecule has 0 saturated heterocycles. The van der Waals surface area contributed by atoms with Crippen molar-refractivity contribution in [3.63, 3.8) is 0 Å². The lowest BCUT2D eigenvalue weighted by Gasteiger charge is -2.35. The minimum atomic E-state index is -1.28. The van der Waals surface area contributed by atoms with E-state index in [4.69, 9.17) is 5.11 Å². The lowest BCUT2D eigenvalue weighted by molar-refractivity contribution is -0.159. The molecule has 1 saturated carbocycles. The van der Waals surface area contributed by atoms with Crippen LogP contribution in [0.3, 0.4) is 0 Å². The van der Waals surface area contributed by atoms with Gasteiger partial charge in [0.2, 0.25) is 5.91 Å². The Morgan fingerprint density at radius 3 is 2.47 bits per heavy atom. The topological polar surface area (TPSA) is 92.2 Å². The van der Waals surface area contributed by atoms with Crippen LogP contribution < -0.4 is 5.32 Å². The summed E-state index contributed by atoms with van der Waals surface area (Å²) in [7, 11) is 0. The van der Waals surface area contributed by atoms with Crippen LogP contribution in [0.15, 0.2) is 17.0 Å². The Labute approximate surface area is 106 Å². The van der Waals surface area contributed by atoms with Crippen LogP contribution in [0.1, 0.15) is 19.3 Å². The number of aliphatic carboxylic acids is 1. The number of carbonyl (C=O) groups is 2. The van der Waals surface area contributed by atoms with Crippen molar-refractivity contribution in [1.82, 2.24) is 9.97 Å². The largest absolute Gasteiger partial charge is 0.480 e. The van der Waals surface area contributed by atoms with Crippen LogP contribution in [0.5, 0.6) is 0 Å². The summed E-state index contributed by atoms with van der Waals surface area (Å²) in [5.41, 5.74) is -1.28. The first-order valence-electron chi connectivity index (χ1n) is 5.07. The second kappa shape index (κ2) is 4.40. The zero-order valence-electron chi connectivity index (χ0n) is 8.81. The van der Waals surface area contributed by atoms with Gasteiger partial charge in [0, 0.05) is 0 Å². The number of carboxylic acids is 1. The van der Waals surface area contributed by atoms with E-state index in [2.05, 4.69) is 31.2 Å². The Morgan fingerprint density at radius 1 is 1.35 bits per heavy atom. The van der Waals surface area contributed by atoms with Crippen LogP contribution in [0.2, 0.25) is 0 Å². The van der Waals surface area contributed by atoms with E-state index in [-0.39, 0.29) is 5.82 Å². The van der Waals surface area contributed by atoms with Crippen molar-refractivity contribution in [2.75, 3.05) is 5.32 Å². The summed E-state index contributed by atoms with van der Waals surface area (Å²) >= 11 is 3.12. The molecule has 0 aliphatic heterocycles. The van der Waals surface area contributed by atoms with Gasteiger partial charge in [-0.05, 0) is 28.8 Å². The van der Waals surface area contributed by atoms with E-state index in [1.165, 1.54) is 12.4 Å². The Hall–Kier alpha value is -1.50. The highest BCUT2D eigenvalue weighted by Gasteiger charge is 2.51. The van der Waals surface area contributed by atoms with Crippen molar-refractivity contribution in [1.29, 1.82) is 0 Å². The molecule has 0 unspecified atom stereocenters. The van der Waals surface area contributed by atoms with E-state index < -0.39 is 17.3 Å². The van der Waals surface area contributed by atoms with Gasteiger partial charge in [0.05, 0.1) is 12.4 Å². The molecule has 0 atom stereocenters. The number of rotatable bonds is 3. The standard InChI is InChI=1S/C10H10BrN3O3/c11-6-4-13-7(5-12-6)14-8(15)10(9(16)17)2-1-3-10/h4-5H,1-3H2,(H,16,17)(H,13,14,15). The maximum Gasteiger partial charge on any atom is 0.319 e. The molecular weight excluding hydrogens is 290 g/mol. The van der Waals surface area contributed by atoms with Gasteiger partial charge in [-0.3, -0.25) is 9.59 Å². The molecule has 2 rings (SSSR count). The van der Waals surface area contributed by atoms with Crippen molar-refractivity contribution >= 4 is 33.6 Å². The number of amides is 1. The number of aromatic nitrogens is 2. The van der Waals surface area contributed by atoms with E-state index in [1.54, 1.807) is 0 Å². The molecule has 0 spiro atoms. The van der Waals surface area contributed by atoms with Crippen LogP contribution in [0.4, 0.5) is 5.82 Å². The molecular formula is C10H10BrN3O3. The first-order chi connectivity index (χ1) is 8.04. The molecule has 1 fully saturated rings. The van der Waals surface area contributed by atoms with E-state index in [0.29, 0.717) is 17.4 Å². The highest BCUT2D eigenvalue weighted by Crippen LogP contribution is 2.42. The molecule has 1 aromatic heterocycles. The number of carboxylic acid groups (broad SMARTS) is 1. The molecule has 17 heavy (non-hydrogen) atoms. The lowest BCUT2D eigenvalue weighted by Crippen LogP contribution is -2.48. The summed E-state index contributed by atoms with van der Waals surface area (Å²) in [6.45, 7) is 0. The molecule has 1 aromatic rings. The number of hydrogen-bond acceptors (Lipinski definition) is 4. The molecule has 7 heteroatoms. The normalized spacial score (nSPS) is 17.0. The Kier molecular flexibility index (Phi) is 3.10. The van der Waals surface area contributed by atoms with E-state index in [9.17, 15) is 9.59 Å². The van der Waals surface area contributed by atoms with Crippen LogP contribution in [0, 0.1) is 5.41 Å². The number of hydrogen-bond donors (Lipinski definition) is 2. The summed E-state index contributed by atoms with van der Waals surface area (Å²) in [6.07, 6.45) is 4.31. The zero-order chi connectivity index (χ0) is 12.5. The van der Waals surface area contributed by atoms with Crippen molar-refractivity contribution in [3.05, 3.63) is 17.0 Å². The summed E-state index contributed by atoms with van der Waals surface area (Å²) in [5.74, 6) is -1.34. The monoisotopic (exact) mass is 299 g/mol. The van der Waals surface area contributed by atoms with Crippen LogP contribution in [-0.2, 0) is 9.59 Å². The second-order valence-electron chi connectivity index (χ2n) is 3.92. The van der Waals surface area contributed by atoms with Gasteiger partial charge in [0.15, 0.2) is 5.82 Å². The predicted molar refractivity (Wildman–Crippen MR) is 62.3 cm³/mol. The quantitative estimate of drug-likeness (QED) is 0.824. The molecule has 0 radical (unpaired) electrons. The van der Waals surface area contributed by atoms with Crippen LogP contribution >= 0.6 is 15.9 Å². The average molecular weight is 300 g/mol. The molecule has 6 nitrogen and oxygen atoms in total. The summed E-state index contributed by atoms with van der Waals surface area (Å²) in [4.78, 5) is 30.8. The minimum absolute atomic E-state index is 0.255. The third-order valence-electron chi connectivity index (χ3n) is 2.91. The average Bonchev–Trinajstić information content (AvgIpc) is 2.19. The van der Waals surface area contributed by atoms with Crippen molar-refractivity contribution < 1.29 is 14.7 Å². The van der Waals surface area contributed by atoms with Gasteiger partial charge < -0.3 is 10.4 Å². The highest BCUT2D eigenvalue weighted by molar-refractivity contribution is 9.10. The molecule has 1 heterocycles. The SMILES string of the molecule is O=C(O)C1(C(=O)Nc2cnc(Br)cn2)CCC1. The Balaban J connectivity index is 2.11. The lowest BCUT2D eigenvalue weighted by atomic mass is 9.68. The number of carbonyl (C=O) groups excluding carboxylic acids is 1. The van der Waals surface area contributed by atoms with Gasteiger partial charge in [-0.1, -0.05) is 6.42 Å². The van der Waals surface area contributed by atoms with Gasteiger partial charge in [0.25, 0.3) is 0 Å². The van der Waals surface area contributed by atoms with Gasteiger partial charge in [-0.15, -0.1) is 0 Å². The fraction of sp³-hybridized carbons (Fsp3) is 0.400. The number of halogens is 1. The first kappa shape index (κ1) is 12.0. The van der Waals surface area contributed by atoms with Gasteiger partial charge in [-0.25, -0.2) is 9.97 Å². The Morgan fingerprint density at radius 2 is 2.06 bits per heavy atom. The molecule has 1 aliphatic carbocycles. The van der Waals surface area contributed by atoms with Crippen molar-refractivity contribution in [2.24, 2.45) is 5.41 Å². The number of nitrogens with zero attached hydrogens (tertiary/aromatic N) is 2. The summed E-state index contributed by atoms with van der Waals surface area (Å²) < 4.78 is 0.548. The molecule has 2 N–H and O–H groups in total. The Bertz CT molecular complexity index is 456.